The highest BCUT2D eigenvalue weighted by atomic mass is 19.1. The van der Waals surface area contributed by atoms with Crippen molar-refractivity contribution in [1.82, 2.24) is 0 Å². The number of ether oxygens (including phenoxy) is 1. The summed E-state index contributed by atoms with van der Waals surface area (Å²) in [5.41, 5.74) is 0.727. The van der Waals surface area contributed by atoms with E-state index in [9.17, 15) is 9.18 Å². The maximum Gasteiger partial charge on any atom is 0.311 e. The van der Waals surface area contributed by atoms with E-state index in [2.05, 4.69) is 0 Å². The first kappa shape index (κ1) is 11.7. The Morgan fingerprint density at radius 3 is 2.79 bits per heavy atom. The van der Waals surface area contributed by atoms with Crippen molar-refractivity contribution in [2.24, 2.45) is 0 Å². The van der Waals surface area contributed by atoms with Crippen LogP contribution in [0.3, 0.4) is 0 Å². The number of fused-ring (bicyclic) bond motifs is 2. The van der Waals surface area contributed by atoms with E-state index in [-0.39, 0.29) is 12.2 Å². The van der Waals surface area contributed by atoms with Gasteiger partial charge in [0.25, 0.3) is 0 Å². The zero-order valence-electron chi connectivity index (χ0n) is 9.97. The van der Waals surface area contributed by atoms with Gasteiger partial charge in [-0.05, 0) is 23.4 Å². The molecule has 96 valence electrons. The van der Waals surface area contributed by atoms with Gasteiger partial charge in [-0.3, -0.25) is 4.79 Å². The Labute approximate surface area is 108 Å². The lowest BCUT2D eigenvalue weighted by Crippen LogP contribution is -2.38. The summed E-state index contributed by atoms with van der Waals surface area (Å²) in [5, 5.41) is 10.5. The molecule has 1 atom stereocenters. The van der Waals surface area contributed by atoms with Crippen LogP contribution in [0.4, 0.5) is 4.39 Å². The largest absolute Gasteiger partial charge is 0.485 e. The quantitative estimate of drug-likeness (QED) is 0.868. The van der Waals surface area contributed by atoms with E-state index < -0.39 is 12.1 Å². The molecule has 19 heavy (non-hydrogen) atoms. The highest BCUT2D eigenvalue weighted by molar-refractivity contribution is 5.78. The van der Waals surface area contributed by atoms with Gasteiger partial charge < -0.3 is 9.84 Å². The van der Waals surface area contributed by atoms with Gasteiger partial charge in [0.1, 0.15) is 24.1 Å². The van der Waals surface area contributed by atoms with Crippen molar-refractivity contribution in [3.63, 3.8) is 0 Å². The van der Waals surface area contributed by atoms with Crippen LogP contribution in [-0.2, 0) is 9.53 Å². The zero-order chi connectivity index (χ0) is 13.4. The molecule has 0 saturated carbocycles. The van der Waals surface area contributed by atoms with E-state index in [4.69, 9.17) is 9.84 Å². The Morgan fingerprint density at radius 2 is 2.05 bits per heavy atom. The summed E-state index contributed by atoms with van der Waals surface area (Å²) in [4.78, 5) is 10.9. The topological polar surface area (TPSA) is 46.5 Å². The number of hydrogen-bond donors (Lipinski definition) is 1. The summed E-state index contributed by atoms with van der Waals surface area (Å²) in [6.07, 6.45) is 3.77. The number of allylic oxidation sites excluding steroid dienone is 2. The molecule has 0 radical (unpaired) electrons. The molecule has 1 N–H and O–H groups in total. The van der Waals surface area contributed by atoms with E-state index in [1.54, 1.807) is 12.1 Å². The van der Waals surface area contributed by atoms with Crippen LogP contribution in [0, 0.1) is 0 Å². The van der Waals surface area contributed by atoms with Crippen molar-refractivity contribution >= 4 is 17.3 Å². The Bertz CT molecular complexity index is 728. The van der Waals surface area contributed by atoms with Crippen molar-refractivity contribution in [2.45, 2.75) is 12.5 Å². The Kier molecular flexibility index (Phi) is 2.71. The van der Waals surface area contributed by atoms with Crippen molar-refractivity contribution in [1.29, 1.82) is 0 Å². The molecule has 0 spiro atoms. The van der Waals surface area contributed by atoms with Crippen LogP contribution in [0.2, 0.25) is 0 Å². The molecule has 1 unspecified atom stereocenters. The number of halogens is 1. The monoisotopic (exact) mass is 258 g/mol. The van der Waals surface area contributed by atoms with Crippen LogP contribution >= 0.6 is 0 Å². The van der Waals surface area contributed by atoms with Crippen LogP contribution in [-0.4, -0.2) is 17.2 Å². The van der Waals surface area contributed by atoms with E-state index >= 15 is 0 Å². The molecule has 0 aromatic heterocycles. The van der Waals surface area contributed by atoms with Crippen molar-refractivity contribution in [3.05, 3.63) is 58.8 Å². The summed E-state index contributed by atoms with van der Waals surface area (Å²) < 4.78 is 19.0. The van der Waals surface area contributed by atoms with Gasteiger partial charge >= 0.3 is 5.97 Å². The number of benzene rings is 1. The lowest BCUT2D eigenvalue weighted by Gasteiger charge is -2.25. The lowest BCUT2D eigenvalue weighted by molar-refractivity contribution is -0.136. The first-order valence-corrected chi connectivity index (χ1v) is 5.91. The molecule has 0 fully saturated rings. The third-order valence-corrected chi connectivity index (χ3v) is 3.15. The number of carboxylic acid groups (broad SMARTS) is 1. The van der Waals surface area contributed by atoms with Crippen molar-refractivity contribution in [2.75, 3.05) is 0 Å². The van der Waals surface area contributed by atoms with Crippen LogP contribution in [0.1, 0.15) is 6.42 Å². The second kappa shape index (κ2) is 4.39. The second-order valence-electron chi connectivity index (χ2n) is 4.42. The number of rotatable bonds is 2. The number of carbonyl (C=O) groups is 1. The third-order valence-electron chi connectivity index (χ3n) is 3.15. The van der Waals surface area contributed by atoms with Crippen LogP contribution in [0.25, 0.3) is 11.3 Å². The summed E-state index contributed by atoms with van der Waals surface area (Å²) in [5.74, 6) is -0.863. The SMILES string of the molecule is O=C(O)CC1=c2ccccc2=C2C=C(F)C=CC2O1. The normalized spacial score (nSPS) is 20.3. The Hall–Kier alpha value is -2.36. The molecular formula is C15H11FO3. The molecule has 1 aromatic carbocycles. The molecular weight excluding hydrogens is 247 g/mol. The second-order valence-corrected chi connectivity index (χ2v) is 4.42. The van der Waals surface area contributed by atoms with Gasteiger partial charge in [0.05, 0.1) is 0 Å². The van der Waals surface area contributed by atoms with Gasteiger partial charge in [0.2, 0.25) is 0 Å². The fourth-order valence-electron chi connectivity index (χ4n) is 2.36. The van der Waals surface area contributed by atoms with Gasteiger partial charge in [-0.2, -0.15) is 0 Å². The molecule has 0 saturated heterocycles. The van der Waals surface area contributed by atoms with Crippen molar-refractivity contribution in [3.8, 4) is 0 Å². The minimum absolute atomic E-state index is 0.180. The first-order valence-electron chi connectivity index (χ1n) is 5.91. The summed E-state index contributed by atoms with van der Waals surface area (Å²) in [7, 11) is 0. The molecule has 1 heterocycles. The molecule has 1 aliphatic heterocycles. The molecule has 1 aliphatic carbocycles. The average molecular weight is 258 g/mol. The van der Waals surface area contributed by atoms with Gasteiger partial charge in [0, 0.05) is 10.8 Å². The number of aliphatic carboxylic acids is 1. The van der Waals surface area contributed by atoms with Gasteiger partial charge in [-0.15, -0.1) is 0 Å². The van der Waals surface area contributed by atoms with E-state index in [1.807, 2.05) is 18.2 Å². The molecule has 0 amide bonds. The lowest BCUT2D eigenvalue weighted by atomic mass is 9.97. The Morgan fingerprint density at radius 1 is 1.32 bits per heavy atom. The number of carboxylic acids is 1. The molecule has 3 rings (SSSR count). The molecule has 1 aromatic rings. The predicted octanol–water partition coefficient (Wildman–Crippen LogP) is 1.24. The van der Waals surface area contributed by atoms with Crippen LogP contribution < -0.4 is 10.4 Å². The highest BCUT2D eigenvalue weighted by Crippen LogP contribution is 2.24. The predicted molar refractivity (Wildman–Crippen MR) is 68.0 cm³/mol. The van der Waals surface area contributed by atoms with Crippen LogP contribution in [0.5, 0.6) is 0 Å². The first-order chi connectivity index (χ1) is 9.15. The molecule has 0 bridgehead atoms. The molecule has 3 nitrogen and oxygen atoms in total. The average Bonchev–Trinajstić information content (AvgIpc) is 2.39. The van der Waals surface area contributed by atoms with Crippen molar-refractivity contribution < 1.29 is 19.0 Å². The summed E-state index contributed by atoms with van der Waals surface area (Å²) in [6.45, 7) is 0. The zero-order valence-corrected chi connectivity index (χ0v) is 9.97. The van der Waals surface area contributed by atoms with Gasteiger partial charge in [-0.25, -0.2) is 4.39 Å². The van der Waals surface area contributed by atoms with Crippen LogP contribution in [0.15, 0.2) is 48.3 Å². The fourth-order valence-corrected chi connectivity index (χ4v) is 2.36. The molecule has 4 heteroatoms. The minimum atomic E-state index is -0.949. The van der Waals surface area contributed by atoms with E-state index in [0.717, 1.165) is 16.0 Å². The van der Waals surface area contributed by atoms with E-state index in [1.165, 1.54) is 12.2 Å². The molecule has 2 aliphatic rings. The maximum atomic E-state index is 13.4. The van der Waals surface area contributed by atoms with Gasteiger partial charge in [-0.1, -0.05) is 24.3 Å². The minimum Gasteiger partial charge on any atom is -0.485 e. The highest BCUT2D eigenvalue weighted by Gasteiger charge is 2.23. The maximum absolute atomic E-state index is 13.4. The fraction of sp³-hybridized carbons (Fsp3) is 0.133. The summed E-state index contributed by atoms with van der Waals surface area (Å²) >= 11 is 0. The van der Waals surface area contributed by atoms with Gasteiger partial charge in [0.15, 0.2) is 0 Å². The summed E-state index contributed by atoms with van der Waals surface area (Å²) in [6, 6.07) is 7.30. The smallest absolute Gasteiger partial charge is 0.311 e. The van der Waals surface area contributed by atoms with E-state index in [0.29, 0.717) is 5.76 Å². The third kappa shape index (κ3) is 2.05. The standard InChI is InChI=1S/C15H11FO3/c16-9-5-6-13-12(7-9)10-3-1-2-4-11(10)14(19-13)8-15(17)18/h1-7,13H,8H2,(H,17,18). The Balaban J connectivity index is 2.31. The number of hydrogen-bond acceptors (Lipinski definition) is 2.